The largest absolute Gasteiger partial charge is 0.449 e. The van der Waals surface area contributed by atoms with Crippen molar-refractivity contribution < 1.29 is 14.3 Å². The van der Waals surface area contributed by atoms with Gasteiger partial charge in [-0.2, -0.15) is 0 Å². The number of rotatable bonds is 6. The van der Waals surface area contributed by atoms with E-state index >= 15 is 0 Å². The van der Waals surface area contributed by atoms with Crippen molar-refractivity contribution in [1.82, 2.24) is 4.98 Å². The molecular weight excluding hydrogens is 384 g/mol. The lowest BCUT2D eigenvalue weighted by Crippen LogP contribution is -2.30. The molecule has 0 aliphatic rings. The minimum atomic E-state index is -0.920. The van der Waals surface area contributed by atoms with Crippen molar-refractivity contribution in [3.63, 3.8) is 0 Å². The van der Waals surface area contributed by atoms with Crippen LogP contribution in [0.2, 0.25) is 0 Å². The molecule has 0 unspecified atom stereocenters. The van der Waals surface area contributed by atoms with Crippen LogP contribution >= 0.6 is 15.9 Å². The molecule has 0 spiro atoms. The third kappa shape index (κ3) is 5.13. The summed E-state index contributed by atoms with van der Waals surface area (Å²) in [5.74, 6) is -0.638. The number of nitrogens with zero attached hydrogens (tertiary/aromatic N) is 1. The van der Waals surface area contributed by atoms with Crippen LogP contribution in [0, 0.1) is 0 Å². The molecule has 1 heterocycles. The monoisotopic (exact) mass is 404 g/mol. The lowest BCUT2D eigenvalue weighted by atomic mass is 9.97. The van der Waals surface area contributed by atoms with Gasteiger partial charge in [-0.05, 0) is 52.9 Å². The molecule has 6 heteroatoms. The van der Waals surface area contributed by atoms with Gasteiger partial charge >= 0.3 is 5.97 Å². The van der Waals surface area contributed by atoms with Gasteiger partial charge in [0.05, 0.1) is 5.56 Å². The summed E-state index contributed by atoms with van der Waals surface area (Å²) in [6.45, 7) is 5.75. The number of nitrogens with one attached hydrogen (secondary N) is 1. The predicted molar refractivity (Wildman–Crippen MR) is 101 cm³/mol. The van der Waals surface area contributed by atoms with Crippen LogP contribution in [0.15, 0.2) is 47.2 Å². The molecule has 25 heavy (non-hydrogen) atoms. The second-order valence-electron chi connectivity index (χ2n) is 5.83. The fourth-order valence-corrected chi connectivity index (χ4v) is 2.67. The Morgan fingerprint density at radius 3 is 2.64 bits per heavy atom. The van der Waals surface area contributed by atoms with Gasteiger partial charge < -0.3 is 10.1 Å². The van der Waals surface area contributed by atoms with E-state index in [0.717, 1.165) is 17.7 Å². The molecule has 2 aromatic rings. The fourth-order valence-electron chi connectivity index (χ4n) is 2.30. The van der Waals surface area contributed by atoms with E-state index in [2.05, 4.69) is 40.1 Å². The van der Waals surface area contributed by atoms with Crippen LogP contribution in [0.5, 0.6) is 0 Å². The van der Waals surface area contributed by atoms with E-state index in [1.807, 2.05) is 24.3 Å². The molecule has 132 valence electrons. The van der Waals surface area contributed by atoms with Gasteiger partial charge in [-0.15, -0.1) is 0 Å². The first-order valence-electron chi connectivity index (χ1n) is 8.13. The summed E-state index contributed by atoms with van der Waals surface area (Å²) < 4.78 is 5.91. The van der Waals surface area contributed by atoms with Crippen molar-refractivity contribution in [2.24, 2.45) is 0 Å². The minimum Gasteiger partial charge on any atom is -0.449 e. The van der Waals surface area contributed by atoms with Gasteiger partial charge in [-0.1, -0.05) is 32.0 Å². The molecule has 0 saturated heterocycles. The van der Waals surface area contributed by atoms with Gasteiger partial charge in [-0.25, -0.2) is 4.79 Å². The highest BCUT2D eigenvalue weighted by Gasteiger charge is 2.20. The number of hydrogen-bond donors (Lipinski definition) is 1. The Labute approximate surface area is 155 Å². The molecule has 1 aromatic heterocycles. The van der Waals surface area contributed by atoms with Crippen LogP contribution in [-0.4, -0.2) is 23.0 Å². The summed E-state index contributed by atoms with van der Waals surface area (Å²) >= 11 is 3.25. The van der Waals surface area contributed by atoms with Crippen LogP contribution in [0.4, 0.5) is 5.69 Å². The highest BCUT2D eigenvalue weighted by Crippen LogP contribution is 2.26. The number of anilines is 1. The molecule has 1 N–H and O–H groups in total. The van der Waals surface area contributed by atoms with Crippen molar-refractivity contribution in [2.75, 3.05) is 5.32 Å². The normalized spacial score (nSPS) is 13.0. The highest BCUT2D eigenvalue weighted by molar-refractivity contribution is 9.10. The van der Waals surface area contributed by atoms with Gasteiger partial charge in [-0.3, -0.25) is 9.78 Å². The summed E-state index contributed by atoms with van der Waals surface area (Å²) in [6, 6.07) is 9.25. The van der Waals surface area contributed by atoms with Crippen molar-refractivity contribution >= 4 is 33.5 Å². The fraction of sp³-hybridized carbons (Fsp3) is 0.316. The molecule has 0 aliphatic heterocycles. The molecule has 5 nitrogen and oxygen atoms in total. The van der Waals surface area contributed by atoms with Crippen molar-refractivity contribution in [3.8, 4) is 0 Å². The maximum absolute atomic E-state index is 12.4. The predicted octanol–water partition coefficient (Wildman–Crippen LogP) is 4.54. The lowest BCUT2D eigenvalue weighted by Gasteiger charge is -2.18. The number of benzene rings is 1. The van der Waals surface area contributed by atoms with E-state index < -0.39 is 12.1 Å². The summed E-state index contributed by atoms with van der Waals surface area (Å²) in [6.07, 6.45) is 3.01. The first kappa shape index (κ1) is 19.1. The standard InChI is InChI=1S/C19H21BrN2O3/c1-4-12(2)16-7-5-6-8-17(16)22-18(23)13(3)25-19(24)14-9-15(20)11-21-10-14/h5-13H,4H2,1-3H3,(H,22,23)/t12-,13-/m0/s1. The van der Waals surface area contributed by atoms with Crippen LogP contribution in [-0.2, 0) is 9.53 Å². The molecule has 1 aromatic carbocycles. The molecule has 2 atom stereocenters. The maximum Gasteiger partial charge on any atom is 0.340 e. The van der Waals surface area contributed by atoms with Crippen LogP contribution in [0.25, 0.3) is 0 Å². The van der Waals surface area contributed by atoms with E-state index in [4.69, 9.17) is 4.74 Å². The zero-order valence-corrected chi connectivity index (χ0v) is 16.0. The number of para-hydroxylation sites is 1. The number of halogens is 1. The van der Waals surface area contributed by atoms with E-state index in [0.29, 0.717) is 10.4 Å². The number of ether oxygens (including phenoxy) is 1. The Kier molecular flexibility index (Phi) is 6.70. The molecule has 0 aliphatic carbocycles. The van der Waals surface area contributed by atoms with Gasteiger partial charge in [0.2, 0.25) is 0 Å². The minimum absolute atomic E-state index is 0.286. The molecule has 2 rings (SSSR count). The summed E-state index contributed by atoms with van der Waals surface area (Å²) in [7, 11) is 0. The third-order valence-electron chi connectivity index (χ3n) is 3.96. The van der Waals surface area contributed by atoms with Crippen molar-refractivity contribution in [1.29, 1.82) is 0 Å². The average Bonchev–Trinajstić information content (AvgIpc) is 2.61. The van der Waals surface area contributed by atoms with E-state index in [1.54, 1.807) is 19.2 Å². The van der Waals surface area contributed by atoms with E-state index in [1.165, 1.54) is 6.20 Å². The maximum atomic E-state index is 12.4. The second kappa shape index (κ2) is 8.76. The molecule has 1 amide bonds. The molecule has 0 radical (unpaired) electrons. The Morgan fingerprint density at radius 2 is 1.96 bits per heavy atom. The average molecular weight is 405 g/mol. The Hall–Kier alpha value is -2.21. The van der Waals surface area contributed by atoms with Crippen LogP contribution in [0.1, 0.15) is 49.0 Å². The number of amides is 1. The topological polar surface area (TPSA) is 68.3 Å². The number of esters is 1. The zero-order valence-electron chi connectivity index (χ0n) is 14.5. The first-order valence-corrected chi connectivity index (χ1v) is 8.93. The number of carbonyl (C=O) groups excluding carboxylic acids is 2. The Balaban J connectivity index is 2.05. The summed E-state index contributed by atoms with van der Waals surface area (Å²) in [4.78, 5) is 28.4. The van der Waals surface area contributed by atoms with Gasteiger partial charge in [0.25, 0.3) is 5.91 Å². The first-order chi connectivity index (χ1) is 11.9. The second-order valence-corrected chi connectivity index (χ2v) is 6.74. The SMILES string of the molecule is CC[C@H](C)c1ccccc1NC(=O)[C@H](C)OC(=O)c1cncc(Br)c1. The van der Waals surface area contributed by atoms with Crippen molar-refractivity contribution in [3.05, 3.63) is 58.3 Å². The number of carbonyl (C=O) groups is 2. The number of pyridine rings is 1. The Morgan fingerprint density at radius 1 is 1.24 bits per heavy atom. The molecule has 0 saturated carbocycles. The zero-order chi connectivity index (χ0) is 18.4. The molecular formula is C19H21BrN2O3. The van der Waals surface area contributed by atoms with Crippen molar-refractivity contribution in [2.45, 2.75) is 39.2 Å². The summed E-state index contributed by atoms with van der Waals surface area (Å²) in [5, 5.41) is 2.85. The lowest BCUT2D eigenvalue weighted by molar-refractivity contribution is -0.123. The smallest absolute Gasteiger partial charge is 0.340 e. The molecule has 0 bridgehead atoms. The quantitative estimate of drug-likeness (QED) is 0.717. The van der Waals surface area contributed by atoms with Gasteiger partial charge in [0.1, 0.15) is 0 Å². The molecule has 0 fully saturated rings. The van der Waals surface area contributed by atoms with E-state index in [9.17, 15) is 9.59 Å². The highest BCUT2D eigenvalue weighted by atomic mass is 79.9. The summed E-state index contributed by atoms with van der Waals surface area (Å²) in [5.41, 5.74) is 2.09. The Bertz CT molecular complexity index is 764. The van der Waals surface area contributed by atoms with Gasteiger partial charge in [0, 0.05) is 22.6 Å². The number of aromatic nitrogens is 1. The number of hydrogen-bond acceptors (Lipinski definition) is 4. The van der Waals surface area contributed by atoms with Crippen LogP contribution < -0.4 is 5.32 Å². The van der Waals surface area contributed by atoms with Crippen LogP contribution in [0.3, 0.4) is 0 Å². The third-order valence-corrected chi connectivity index (χ3v) is 4.39. The van der Waals surface area contributed by atoms with E-state index in [-0.39, 0.29) is 11.5 Å². The van der Waals surface area contributed by atoms with Gasteiger partial charge in [0.15, 0.2) is 6.10 Å².